The van der Waals surface area contributed by atoms with E-state index in [0.29, 0.717) is 6.67 Å². The second-order valence-electron chi connectivity index (χ2n) is 21.4. The monoisotopic (exact) mass is 890 g/mol. The molecule has 7 aromatic carbocycles. The fourth-order valence-corrected chi connectivity index (χ4v) is 9.83. The van der Waals surface area contributed by atoms with Crippen molar-refractivity contribution >= 4 is 55.7 Å². The third-order valence-electron chi connectivity index (χ3n) is 13.6. The Hall–Kier alpha value is -7.57. The lowest BCUT2D eigenvalue weighted by Crippen LogP contribution is -2.25. The largest absolute Gasteiger partial charge is 0.457 e. The van der Waals surface area contributed by atoms with E-state index in [9.17, 15) is 0 Å². The maximum absolute atomic E-state index is 6.83. The predicted octanol–water partition coefficient (Wildman–Crippen LogP) is 17.2. The number of hydrogen-bond acceptors (Lipinski definition) is 5. The highest BCUT2D eigenvalue weighted by atomic mass is 16.5. The number of fused-ring (bicyclic) bond motifs is 6. The van der Waals surface area contributed by atoms with Gasteiger partial charge in [-0.15, -0.1) is 0 Å². The van der Waals surface area contributed by atoms with Crippen LogP contribution in [0.4, 0.5) is 22.7 Å². The van der Waals surface area contributed by atoms with Crippen molar-refractivity contribution < 1.29 is 9.15 Å². The fourth-order valence-electron chi connectivity index (χ4n) is 9.83. The molecule has 4 heterocycles. The summed E-state index contributed by atoms with van der Waals surface area (Å²) in [5, 5.41) is 2.05. The molecule has 1 aliphatic rings. The SMILES string of the molecule is CC(C)(C)c1ccc(-c2cccc(-c3ccc(C(C)(C)C)cc3)c2N2CN(c3cccc(Oc4ccc5c6oc7ccccc7c6n(-c6cc(C(C)(C)C)ccn6)c5c4)c3)c3ccccc32)cc1. The van der Waals surface area contributed by atoms with E-state index >= 15 is 0 Å². The molecule has 68 heavy (non-hydrogen) atoms. The molecular weight excluding hydrogens is 833 g/mol. The Balaban J connectivity index is 0.986. The molecule has 0 N–H and O–H groups in total. The Kier molecular flexibility index (Phi) is 10.2. The average Bonchev–Trinajstić information content (AvgIpc) is 4.00. The van der Waals surface area contributed by atoms with Gasteiger partial charge in [0.15, 0.2) is 5.58 Å². The third-order valence-corrected chi connectivity index (χ3v) is 13.6. The van der Waals surface area contributed by atoms with Crippen LogP contribution in [0.3, 0.4) is 0 Å². The summed E-state index contributed by atoms with van der Waals surface area (Å²) < 4.78 is 15.6. The predicted molar refractivity (Wildman–Crippen MR) is 284 cm³/mol. The molecular formula is C62H58N4O2. The second-order valence-corrected chi connectivity index (χ2v) is 21.4. The molecule has 0 atom stereocenters. The van der Waals surface area contributed by atoms with Gasteiger partial charge in [-0.2, -0.15) is 0 Å². The molecule has 0 bridgehead atoms. The van der Waals surface area contributed by atoms with Crippen molar-refractivity contribution in [3.8, 4) is 39.6 Å². The first-order valence-corrected chi connectivity index (χ1v) is 23.8. The summed E-state index contributed by atoms with van der Waals surface area (Å²) >= 11 is 0. The molecule has 6 heteroatoms. The molecule has 11 rings (SSSR count). The van der Waals surface area contributed by atoms with Gasteiger partial charge in [-0.25, -0.2) is 4.98 Å². The van der Waals surface area contributed by atoms with Crippen LogP contribution in [-0.2, 0) is 16.2 Å². The number of rotatable bonds is 7. The third kappa shape index (κ3) is 7.58. The summed E-state index contributed by atoms with van der Waals surface area (Å²) in [6.07, 6.45) is 1.91. The lowest BCUT2D eigenvalue weighted by Gasteiger charge is -2.28. The minimum absolute atomic E-state index is 0.0488. The van der Waals surface area contributed by atoms with Gasteiger partial charge in [0.25, 0.3) is 0 Å². The summed E-state index contributed by atoms with van der Waals surface area (Å²) in [6, 6.07) is 61.1. The van der Waals surface area contributed by atoms with Crippen LogP contribution in [0, 0.1) is 0 Å². The first-order chi connectivity index (χ1) is 32.6. The Morgan fingerprint density at radius 2 is 1.09 bits per heavy atom. The standard InChI is InChI=1S/C62H58N4O2/c1-60(2,3)42-28-24-40(25-29-42)48-19-15-20-49(41-26-30-43(31-27-41)61(4,5)6)57(48)65-39-64(52-21-11-12-22-53(52)65)45-16-14-17-46(37-45)67-47-32-33-50-54(38-47)66(56-36-44(34-35-63-56)62(7,8)9)58-51-18-10-13-23-55(51)68-59(50)58/h10-38H,39H2,1-9H3. The van der Waals surface area contributed by atoms with E-state index in [-0.39, 0.29) is 16.2 Å². The number of para-hydroxylation sites is 4. The quantitative estimate of drug-likeness (QED) is 0.160. The zero-order valence-electron chi connectivity index (χ0n) is 40.6. The van der Waals surface area contributed by atoms with Crippen LogP contribution in [0.25, 0.3) is 61.0 Å². The van der Waals surface area contributed by atoms with Crippen LogP contribution in [0.2, 0.25) is 0 Å². The number of furan rings is 1. The molecule has 0 radical (unpaired) electrons. The number of pyridine rings is 1. The van der Waals surface area contributed by atoms with Crippen LogP contribution in [-0.4, -0.2) is 16.2 Å². The van der Waals surface area contributed by atoms with Gasteiger partial charge >= 0.3 is 0 Å². The van der Waals surface area contributed by atoms with Crippen LogP contribution in [0.15, 0.2) is 180 Å². The van der Waals surface area contributed by atoms with Crippen molar-refractivity contribution in [2.75, 3.05) is 16.5 Å². The molecule has 0 fully saturated rings. The molecule has 6 nitrogen and oxygen atoms in total. The van der Waals surface area contributed by atoms with Gasteiger partial charge in [0.05, 0.1) is 22.6 Å². The lowest BCUT2D eigenvalue weighted by atomic mass is 9.85. The Morgan fingerprint density at radius 3 is 1.74 bits per heavy atom. The smallest absolute Gasteiger partial charge is 0.161 e. The average molecular weight is 891 g/mol. The van der Waals surface area contributed by atoms with E-state index in [0.717, 1.165) is 67.4 Å². The Labute approximate surface area is 400 Å². The minimum Gasteiger partial charge on any atom is -0.457 e. The van der Waals surface area contributed by atoms with Crippen molar-refractivity contribution in [3.63, 3.8) is 0 Å². The van der Waals surface area contributed by atoms with E-state index in [4.69, 9.17) is 14.1 Å². The topological polar surface area (TPSA) is 46.7 Å². The van der Waals surface area contributed by atoms with Gasteiger partial charge in [-0.3, -0.25) is 4.57 Å². The second kappa shape index (κ2) is 16.1. The van der Waals surface area contributed by atoms with E-state index in [1.165, 1.54) is 44.6 Å². The molecule has 1 aliphatic heterocycles. The number of hydrogen-bond donors (Lipinski definition) is 0. The summed E-state index contributed by atoms with van der Waals surface area (Å²) in [5.74, 6) is 2.31. The zero-order valence-corrected chi connectivity index (χ0v) is 40.6. The van der Waals surface area contributed by atoms with Gasteiger partial charge in [0.2, 0.25) is 0 Å². The maximum atomic E-state index is 6.83. The lowest BCUT2D eigenvalue weighted by molar-refractivity contribution is 0.483. The number of nitrogens with zero attached hydrogens (tertiary/aromatic N) is 4. The molecule has 3 aromatic heterocycles. The van der Waals surface area contributed by atoms with Crippen LogP contribution >= 0.6 is 0 Å². The highest BCUT2D eigenvalue weighted by molar-refractivity contribution is 6.16. The first-order valence-electron chi connectivity index (χ1n) is 23.8. The number of aromatic nitrogens is 2. The normalized spacial score (nSPS) is 13.2. The van der Waals surface area contributed by atoms with Crippen molar-refractivity contribution in [3.05, 3.63) is 193 Å². The molecule has 0 aliphatic carbocycles. The summed E-state index contributed by atoms with van der Waals surface area (Å²) in [6.45, 7) is 20.9. The highest BCUT2D eigenvalue weighted by Gasteiger charge is 2.32. The van der Waals surface area contributed by atoms with Crippen LogP contribution < -0.4 is 14.5 Å². The van der Waals surface area contributed by atoms with E-state index < -0.39 is 0 Å². The van der Waals surface area contributed by atoms with Gasteiger partial charge in [-0.1, -0.05) is 159 Å². The van der Waals surface area contributed by atoms with Crippen LogP contribution in [0.5, 0.6) is 11.5 Å². The molecule has 10 aromatic rings. The molecule has 0 saturated carbocycles. The van der Waals surface area contributed by atoms with E-state index in [1.54, 1.807) is 0 Å². The zero-order chi connectivity index (χ0) is 47.1. The number of anilines is 4. The molecule has 0 unspecified atom stereocenters. The van der Waals surface area contributed by atoms with E-state index in [2.05, 4.69) is 222 Å². The maximum Gasteiger partial charge on any atom is 0.161 e. The summed E-state index contributed by atoms with van der Waals surface area (Å²) in [7, 11) is 0. The Morgan fingerprint density at radius 1 is 0.500 bits per heavy atom. The van der Waals surface area contributed by atoms with Gasteiger partial charge < -0.3 is 19.0 Å². The first kappa shape index (κ1) is 43.0. The van der Waals surface area contributed by atoms with Gasteiger partial charge in [0.1, 0.15) is 35.1 Å². The highest BCUT2D eigenvalue weighted by Crippen LogP contribution is 2.51. The summed E-state index contributed by atoms with van der Waals surface area (Å²) in [4.78, 5) is 9.83. The van der Waals surface area contributed by atoms with Crippen molar-refractivity contribution in [1.29, 1.82) is 0 Å². The minimum atomic E-state index is -0.0488. The summed E-state index contributed by atoms with van der Waals surface area (Å²) in [5.41, 5.74) is 16.8. The van der Waals surface area contributed by atoms with Gasteiger partial charge in [-0.05, 0) is 105 Å². The van der Waals surface area contributed by atoms with Crippen LogP contribution in [0.1, 0.15) is 79.0 Å². The number of ether oxygens (including phenoxy) is 1. The molecule has 0 saturated heterocycles. The molecule has 0 amide bonds. The Bertz CT molecular complexity index is 3440. The fraction of sp³-hybridized carbons (Fsp3) is 0.210. The van der Waals surface area contributed by atoms with Crippen molar-refractivity contribution in [1.82, 2.24) is 9.55 Å². The molecule has 0 spiro atoms. The van der Waals surface area contributed by atoms with Crippen molar-refractivity contribution in [2.45, 2.75) is 78.6 Å². The molecule has 338 valence electrons. The number of benzene rings is 7. The van der Waals surface area contributed by atoms with Gasteiger partial charge in [0, 0.05) is 45.9 Å². The van der Waals surface area contributed by atoms with E-state index in [1.807, 2.05) is 30.5 Å². The van der Waals surface area contributed by atoms with Crippen molar-refractivity contribution in [2.24, 2.45) is 0 Å².